The fraction of sp³-hybridized carbons (Fsp3) is 0.706. The molecule has 1 aromatic heterocycles. The van der Waals surface area contributed by atoms with Crippen LogP contribution >= 0.6 is 0 Å². The topological polar surface area (TPSA) is 75.4 Å². The number of nitrogens with zero attached hydrogens (tertiary/aromatic N) is 3. The Morgan fingerprint density at radius 1 is 1.43 bits per heavy atom. The smallest absolute Gasteiger partial charge is 0.311 e. The minimum Gasteiger partial charge on any atom is -0.481 e. The number of fused-ring (bicyclic) bond motifs is 1. The first-order valence-electron chi connectivity index (χ1n) is 8.59. The van der Waals surface area contributed by atoms with Crippen molar-refractivity contribution in [2.75, 3.05) is 13.1 Å². The Hall–Kier alpha value is -1.85. The Bertz CT molecular complexity index is 608. The van der Waals surface area contributed by atoms with E-state index in [9.17, 15) is 14.7 Å². The van der Waals surface area contributed by atoms with Gasteiger partial charge in [0.25, 0.3) is 5.91 Å². The zero-order valence-electron chi connectivity index (χ0n) is 13.9. The van der Waals surface area contributed by atoms with Crippen LogP contribution in [0.1, 0.15) is 62.5 Å². The maximum Gasteiger partial charge on any atom is 0.311 e. The van der Waals surface area contributed by atoms with E-state index in [0.717, 1.165) is 25.7 Å². The van der Waals surface area contributed by atoms with Crippen LogP contribution in [0.3, 0.4) is 0 Å². The molecule has 2 fully saturated rings. The van der Waals surface area contributed by atoms with Gasteiger partial charge >= 0.3 is 5.97 Å². The average Bonchev–Trinajstić information content (AvgIpc) is 3.21. The minimum atomic E-state index is -0.752. The Morgan fingerprint density at radius 2 is 2.17 bits per heavy atom. The molecule has 6 heteroatoms. The Morgan fingerprint density at radius 3 is 2.78 bits per heavy atom. The van der Waals surface area contributed by atoms with Crippen LogP contribution in [-0.2, 0) is 4.79 Å². The van der Waals surface area contributed by atoms with Gasteiger partial charge in [0, 0.05) is 19.3 Å². The third-order valence-electron chi connectivity index (χ3n) is 5.73. The lowest BCUT2D eigenvalue weighted by atomic mass is 9.81. The van der Waals surface area contributed by atoms with Gasteiger partial charge in [0.15, 0.2) is 0 Å². The maximum absolute atomic E-state index is 12.7. The summed E-state index contributed by atoms with van der Waals surface area (Å²) in [4.78, 5) is 26.1. The summed E-state index contributed by atoms with van der Waals surface area (Å²) in [7, 11) is 0. The van der Waals surface area contributed by atoms with Crippen molar-refractivity contribution in [3.8, 4) is 0 Å². The van der Waals surface area contributed by atoms with Crippen LogP contribution in [0.5, 0.6) is 0 Å². The molecule has 23 heavy (non-hydrogen) atoms. The molecule has 1 amide bonds. The van der Waals surface area contributed by atoms with E-state index in [1.807, 2.05) is 10.9 Å². The van der Waals surface area contributed by atoms with Crippen molar-refractivity contribution in [1.29, 1.82) is 0 Å². The number of carboxylic acid groups (broad SMARTS) is 1. The van der Waals surface area contributed by atoms with Crippen LogP contribution in [0, 0.1) is 11.3 Å². The van der Waals surface area contributed by atoms with Crippen LogP contribution in [0.4, 0.5) is 0 Å². The van der Waals surface area contributed by atoms with E-state index >= 15 is 0 Å². The number of carbonyl (C=O) groups excluding carboxylic acids is 1. The number of carboxylic acids is 1. The highest BCUT2D eigenvalue weighted by Crippen LogP contribution is 2.49. The number of hydrogen-bond donors (Lipinski definition) is 1. The molecule has 2 aliphatic rings. The second-order valence-corrected chi connectivity index (χ2v) is 6.89. The second kappa shape index (κ2) is 5.98. The molecule has 2 atom stereocenters. The van der Waals surface area contributed by atoms with Gasteiger partial charge in [0.2, 0.25) is 0 Å². The van der Waals surface area contributed by atoms with Gasteiger partial charge in [-0.1, -0.05) is 20.3 Å². The van der Waals surface area contributed by atoms with Crippen LogP contribution in [0.25, 0.3) is 0 Å². The van der Waals surface area contributed by atoms with E-state index in [-0.39, 0.29) is 11.8 Å². The molecule has 1 N–H and O–H groups in total. The minimum absolute atomic E-state index is 0.0880. The number of aliphatic carboxylic acids is 1. The molecule has 0 spiro atoms. The van der Waals surface area contributed by atoms with E-state index in [0.29, 0.717) is 31.2 Å². The normalized spacial score (nSPS) is 26.7. The van der Waals surface area contributed by atoms with E-state index in [4.69, 9.17) is 0 Å². The summed E-state index contributed by atoms with van der Waals surface area (Å²) < 4.78 is 1.86. The van der Waals surface area contributed by atoms with Crippen molar-refractivity contribution in [3.05, 3.63) is 18.0 Å². The summed E-state index contributed by atoms with van der Waals surface area (Å²) in [5.41, 5.74) is -0.300. The first kappa shape index (κ1) is 16.0. The zero-order valence-corrected chi connectivity index (χ0v) is 13.9. The molecule has 0 bridgehead atoms. The molecule has 0 unspecified atom stereocenters. The number of aromatic nitrogens is 2. The van der Waals surface area contributed by atoms with Crippen molar-refractivity contribution in [1.82, 2.24) is 14.7 Å². The lowest BCUT2D eigenvalue weighted by Gasteiger charge is -2.23. The first-order valence-corrected chi connectivity index (χ1v) is 8.59. The van der Waals surface area contributed by atoms with Crippen LogP contribution in [0.2, 0.25) is 0 Å². The molecule has 1 saturated heterocycles. The molecule has 0 radical (unpaired) electrons. The van der Waals surface area contributed by atoms with Crippen LogP contribution in [-0.4, -0.2) is 44.8 Å². The van der Waals surface area contributed by atoms with Crippen LogP contribution < -0.4 is 0 Å². The third-order valence-corrected chi connectivity index (χ3v) is 5.73. The lowest BCUT2D eigenvalue weighted by molar-refractivity contribution is -0.149. The Labute approximate surface area is 136 Å². The SMILES string of the molecule is CCC(CC)n1ccc(C(=O)N2C[C@@H]3CCC[C@@]3(C(=O)O)C2)n1. The van der Waals surface area contributed by atoms with Crippen molar-refractivity contribution in [2.24, 2.45) is 11.3 Å². The zero-order chi connectivity index (χ0) is 16.6. The quantitative estimate of drug-likeness (QED) is 0.905. The first-order chi connectivity index (χ1) is 11.0. The maximum atomic E-state index is 12.7. The molecule has 1 aliphatic carbocycles. The number of likely N-dealkylation sites (tertiary alicyclic amines) is 1. The van der Waals surface area contributed by atoms with E-state index in [2.05, 4.69) is 18.9 Å². The van der Waals surface area contributed by atoms with Gasteiger partial charge in [-0.25, -0.2) is 0 Å². The van der Waals surface area contributed by atoms with Crippen molar-refractivity contribution in [3.63, 3.8) is 0 Å². The predicted molar refractivity (Wildman–Crippen MR) is 85.2 cm³/mol. The molecule has 1 aromatic rings. The molecular weight excluding hydrogens is 294 g/mol. The molecule has 1 saturated carbocycles. The summed E-state index contributed by atoms with van der Waals surface area (Å²) in [5, 5.41) is 14.1. The number of amides is 1. The van der Waals surface area contributed by atoms with Gasteiger partial charge in [-0.2, -0.15) is 5.10 Å². The van der Waals surface area contributed by atoms with Gasteiger partial charge in [-0.3, -0.25) is 14.3 Å². The van der Waals surface area contributed by atoms with Crippen molar-refractivity contribution in [2.45, 2.75) is 52.0 Å². The molecule has 3 rings (SSSR count). The highest BCUT2D eigenvalue weighted by molar-refractivity contribution is 5.93. The fourth-order valence-electron chi connectivity index (χ4n) is 4.27. The highest BCUT2D eigenvalue weighted by Gasteiger charge is 2.55. The standard InChI is InChI=1S/C17H25N3O3/c1-3-13(4-2)20-9-7-14(18-20)15(21)19-10-12-6-5-8-17(12,11-19)16(22)23/h7,9,12-13H,3-6,8,10-11H2,1-2H3,(H,22,23)/t12-,17+/m0/s1. The summed E-state index contributed by atoms with van der Waals surface area (Å²) in [6.07, 6.45) is 6.33. The predicted octanol–water partition coefficient (Wildman–Crippen LogP) is 2.57. The highest BCUT2D eigenvalue weighted by atomic mass is 16.4. The molecule has 6 nitrogen and oxygen atoms in total. The summed E-state index contributed by atoms with van der Waals surface area (Å²) >= 11 is 0. The monoisotopic (exact) mass is 319 g/mol. The average molecular weight is 319 g/mol. The largest absolute Gasteiger partial charge is 0.481 e. The Balaban J connectivity index is 1.76. The van der Waals surface area contributed by atoms with E-state index in [1.165, 1.54) is 0 Å². The third kappa shape index (κ3) is 2.54. The molecule has 126 valence electrons. The van der Waals surface area contributed by atoms with Gasteiger partial charge in [0.1, 0.15) is 5.69 Å². The van der Waals surface area contributed by atoms with Crippen molar-refractivity contribution >= 4 is 11.9 Å². The number of carbonyl (C=O) groups is 2. The van der Waals surface area contributed by atoms with Crippen LogP contribution in [0.15, 0.2) is 12.3 Å². The molecule has 0 aromatic carbocycles. The summed E-state index contributed by atoms with van der Waals surface area (Å²) in [6, 6.07) is 2.06. The second-order valence-electron chi connectivity index (χ2n) is 6.89. The van der Waals surface area contributed by atoms with Gasteiger partial charge < -0.3 is 10.0 Å². The molecule has 1 aliphatic heterocycles. The summed E-state index contributed by atoms with van der Waals surface area (Å²) in [6.45, 7) is 5.08. The molecular formula is C17H25N3O3. The number of hydrogen-bond acceptors (Lipinski definition) is 3. The fourth-order valence-corrected chi connectivity index (χ4v) is 4.27. The van der Waals surface area contributed by atoms with E-state index < -0.39 is 11.4 Å². The Kier molecular flexibility index (Phi) is 4.17. The van der Waals surface area contributed by atoms with Gasteiger partial charge in [-0.05, 0) is 37.7 Å². The lowest BCUT2D eigenvalue weighted by Crippen LogP contribution is -2.37. The van der Waals surface area contributed by atoms with E-state index in [1.54, 1.807) is 11.0 Å². The van der Waals surface area contributed by atoms with Gasteiger partial charge in [0.05, 0.1) is 11.5 Å². The summed E-state index contributed by atoms with van der Waals surface area (Å²) in [5.74, 6) is -0.798. The van der Waals surface area contributed by atoms with Gasteiger partial charge in [-0.15, -0.1) is 0 Å². The number of rotatable bonds is 5. The molecule has 2 heterocycles. The van der Waals surface area contributed by atoms with Crippen molar-refractivity contribution < 1.29 is 14.7 Å².